The lowest BCUT2D eigenvalue weighted by Gasteiger charge is -2.11. The van der Waals surface area contributed by atoms with E-state index < -0.39 is 0 Å². The molecule has 1 aromatic heterocycles. The van der Waals surface area contributed by atoms with Gasteiger partial charge in [0.1, 0.15) is 0 Å². The topological polar surface area (TPSA) is 27.8 Å². The van der Waals surface area contributed by atoms with Crippen molar-refractivity contribution in [3.05, 3.63) is 36.0 Å². The molecule has 14 heavy (non-hydrogen) atoms. The van der Waals surface area contributed by atoms with Gasteiger partial charge in [0.05, 0.1) is 5.52 Å². The van der Waals surface area contributed by atoms with E-state index in [2.05, 4.69) is 34.6 Å². The van der Waals surface area contributed by atoms with Crippen LogP contribution in [-0.2, 0) is 0 Å². The molecular formula is C12H14N2. The van der Waals surface area contributed by atoms with Crippen LogP contribution in [0.3, 0.4) is 0 Å². The van der Waals surface area contributed by atoms with Gasteiger partial charge in [0.15, 0.2) is 0 Å². The standard InChI is InChI=1S/C12H14N2/c1-3-9-6-8-14-12(9)10(4-1)11-5-2-7-13-11/h1,3-4,6,8,11,13-14H,2,5,7H2/t11-/m1/s1. The third kappa shape index (κ3) is 1.15. The highest BCUT2D eigenvalue weighted by atomic mass is 14.9. The summed E-state index contributed by atoms with van der Waals surface area (Å²) < 4.78 is 0. The lowest BCUT2D eigenvalue weighted by Crippen LogP contribution is -2.13. The van der Waals surface area contributed by atoms with Crippen LogP contribution >= 0.6 is 0 Å². The molecule has 0 spiro atoms. The third-order valence-electron chi connectivity index (χ3n) is 3.06. The van der Waals surface area contributed by atoms with Gasteiger partial charge in [-0.05, 0) is 36.4 Å². The molecule has 0 unspecified atom stereocenters. The smallest absolute Gasteiger partial charge is 0.0502 e. The minimum absolute atomic E-state index is 0.553. The number of para-hydroxylation sites is 1. The number of fused-ring (bicyclic) bond motifs is 1. The minimum atomic E-state index is 0.553. The average molecular weight is 186 g/mol. The Kier molecular flexibility index (Phi) is 1.81. The molecule has 2 heterocycles. The van der Waals surface area contributed by atoms with Crippen LogP contribution in [0, 0.1) is 0 Å². The van der Waals surface area contributed by atoms with Crippen LogP contribution in [-0.4, -0.2) is 11.5 Å². The highest BCUT2D eigenvalue weighted by molar-refractivity contribution is 5.82. The van der Waals surface area contributed by atoms with E-state index in [9.17, 15) is 0 Å². The number of hydrogen-bond donors (Lipinski definition) is 2. The van der Waals surface area contributed by atoms with E-state index in [4.69, 9.17) is 0 Å². The Morgan fingerprint density at radius 3 is 3.07 bits per heavy atom. The highest BCUT2D eigenvalue weighted by Crippen LogP contribution is 2.28. The summed E-state index contributed by atoms with van der Waals surface area (Å²) in [5.74, 6) is 0. The predicted octanol–water partition coefficient (Wildman–Crippen LogP) is 2.59. The van der Waals surface area contributed by atoms with Crippen molar-refractivity contribution in [2.75, 3.05) is 6.54 Å². The molecule has 1 saturated heterocycles. The molecule has 0 radical (unpaired) electrons. The first kappa shape index (κ1) is 8.06. The van der Waals surface area contributed by atoms with E-state index >= 15 is 0 Å². The number of H-pyrrole nitrogens is 1. The Bertz CT molecular complexity index is 438. The maximum Gasteiger partial charge on any atom is 0.0502 e. The molecule has 2 heteroatoms. The molecule has 1 aromatic carbocycles. The van der Waals surface area contributed by atoms with Crippen molar-refractivity contribution in [2.45, 2.75) is 18.9 Å². The summed E-state index contributed by atoms with van der Waals surface area (Å²) in [4.78, 5) is 3.33. The Hall–Kier alpha value is -1.28. The third-order valence-corrected chi connectivity index (χ3v) is 3.06. The normalized spacial score (nSPS) is 21.9. The van der Waals surface area contributed by atoms with Crippen molar-refractivity contribution >= 4 is 10.9 Å². The summed E-state index contributed by atoms with van der Waals surface area (Å²) >= 11 is 0. The maximum atomic E-state index is 3.53. The number of aromatic nitrogens is 1. The van der Waals surface area contributed by atoms with Gasteiger partial charge in [-0.1, -0.05) is 18.2 Å². The number of nitrogens with one attached hydrogen (secondary N) is 2. The van der Waals surface area contributed by atoms with E-state index in [1.165, 1.54) is 29.3 Å². The van der Waals surface area contributed by atoms with Crippen LogP contribution in [0.5, 0.6) is 0 Å². The van der Waals surface area contributed by atoms with Crippen molar-refractivity contribution < 1.29 is 0 Å². The van der Waals surface area contributed by atoms with Gasteiger partial charge in [0.2, 0.25) is 0 Å². The van der Waals surface area contributed by atoms with Crippen LogP contribution in [0.15, 0.2) is 30.5 Å². The van der Waals surface area contributed by atoms with E-state index in [0.29, 0.717) is 6.04 Å². The van der Waals surface area contributed by atoms with Crippen LogP contribution in [0.25, 0.3) is 10.9 Å². The van der Waals surface area contributed by atoms with E-state index in [1.54, 1.807) is 0 Å². The predicted molar refractivity (Wildman–Crippen MR) is 58.3 cm³/mol. The summed E-state index contributed by atoms with van der Waals surface area (Å²) in [6, 6.07) is 9.21. The maximum absolute atomic E-state index is 3.53. The second-order valence-corrected chi connectivity index (χ2v) is 3.94. The minimum Gasteiger partial charge on any atom is -0.361 e. The molecule has 2 aromatic rings. The fourth-order valence-corrected chi connectivity index (χ4v) is 2.35. The van der Waals surface area contributed by atoms with Crippen molar-refractivity contribution in [1.29, 1.82) is 0 Å². The molecule has 2 N–H and O–H groups in total. The first-order valence-electron chi connectivity index (χ1n) is 5.24. The fourth-order valence-electron chi connectivity index (χ4n) is 2.35. The van der Waals surface area contributed by atoms with Crippen LogP contribution in [0.1, 0.15) is 24.4 Å². The number of aromatic amines is 1. The Morgan fingerprint density at radius 2 is 2.21 bits per heavy atom. The first-order valence-corrected chi connectivity index (χ1v) is 5.24. The van der Waals surface area contributed by atoms with Crippen molar-refractivity contribution in [3.63, 3.8) is 0 Å². The molecule has 0 bridgehead atoms. The van der Waals surface area contributed by atoms with Gasteiger partial charge in [0.25, 0.3) is 0 Å². The van der Waals surface area contributed by atoms with Crippen LogP contribution < -0.4 is 5.32 Å². The zero-order chi connectivity index (χ0) is 9.38. The van der Waals surface area contributed by atoms with E-state index in [-0.39, 0.29) is 0 Å². The Labute approximate surface area is 83.3 Å². The second kappa shape index (κ2) is 3.14. The number of rotatable bonds is 1. The number of hydrogen-bond acceptors (Lipinski definition) is 1. The molecule has 1 aliphatic rings. The first-order chi connectivity index (χ1) is 6.95. The average Bonchev–Trinajstić information content (AvgIpc) is 2.88. The molecule has 1 atom stereocenters. The number of benzene rings is 1. The highest BCUT2D eigenvalue weighted by Gasteiger charge is 2.18. The van der Waals surface area contributed by atoms with E-state index in [1.807, 2.05) is 6.20 Å². The molecule has 1 aliphatic heterocycles. The fraction of sp³-hybridized carbons (Fsp3) is 0.333. The zero-order valence-electron chi connectivity index (χ0n) is 8.09. The van der Waals surface area contributed by atoms with E-state index in [0.717, 1.165) is 6.54 Å². The lowest BCUT2D eigenvalue weighted by molar-refractivity contribution is 0.652. The van der Waals surface area contributed by atoms with Gasteiger partial charge < -0.3 is 10.3 Å². The molecule has 0 aliphatic carbocycles. The van der Waals surface area contributed by atoms with Crippen LogP contribution in [0.2, 0.25) is 0 Å². The van der Waals surface area contributed by atoms with Crippen molar-refractivity contribution in [1.82, 2.24) is 10.3 Å². The summed E-state index contributed by atoms with van der Waals surface area (Å²) in [6.07, 6.45) is 4.57. The molecular weight excluding hydrogens is 172 g/mol. The summed E-state index contributed by atoms with van der Waals surface area (Å²) in [7, 11) is 0. The summed E-state index contributed by atoms with van der Waals surface area (Å²) in [6.45, 7) is 1.15. The Balaban J connectivity index is 2.14. The molecule has 1 fully saturated rings. The van der Waals surface area contributed by atoms with Gasteiger partial charge in [-0.25, -0.2) is 0 Å². The lowest BCUT2D eigenvalue weighted by atomic mass is 10.0. The monoisotopic (exact) mass is 186 g/mol. The molecule has 0 saturated carbocycles. The van der Waals surface area contributed by atoms with Gasteiger partial charge >= 0.3 is 0 Å². The van der Waals surface area contributed by atoms with Crippen LogP contribution in [0.4, 0.5) is 0 Å². The van der Waals surface area contributed by atoms with Crippen molar-refractivity contribution in [3.8, 4) is 0 Å². The molecule has 72 valence electrons. The molecule has 3 rings (SSSR count). The van der Waals surface area contributed by atoms with Gasteiger partial charge in [-0.3, -0.25) is 0 Å². The molecule has 2 nitrogen and oxygen atoms in total. The second-order valence-electron chi connectivity index (χ2n) is 3.94. The van der Waals surface area contributed by atoms with Gasteiger partial charge in [-0.2, -0.15) is 0 Å². The summed E-state index contributed by atoms with van der Waals surface area (Å²) in [5, 5.41) is 4.85. The van der Waals surface area contributed by atoms with Gasteiger partial charge in [-0.15, -0.1) is 0 Å². The Morgan fingerprint density at radius 1 is 1.21 bits per heavy atom. The molecule has 0 amide bonds. The zero-order valence-corrected chi connectivity index (χ0v) is 8.09. The van der Waals surface area contributed by atoms with Gasteiger partial charge in [0, 0.05) is 12.2 Å². The summed E-state index contributed by atoms with van der Waals surface area (Å²) in [5.41, 5.74) is 2.72. The largest absolute Gasteiger partial charge is 0.361 e. The van der Waals surface area contributed by atoms with Crippen molar-refractivity contribution in [2.24, 2.45) is 0 Å². The quantitative estimate of drug-likeness (QED) is 0.704. The SMILES string of the molecule is c1cc([C@H]2CCCN2)c2[nH]ccc2c1.